The molecule has 1 aliphatic rings. The van der Waals surface area contributed by atoms with E-state index in [-0.39, 0.29) is 5.97 Å². The van der Waals surface area contributed by atoms with Crippen molar-refractivity contribution >= 4 is 51.7 Å². The largest absolute Gasteiger partial charge is 0.450 e. The van der Waals surface area contributed by atoms with Crippen molar-refractivity contribution in [1.29, 1.82) is 0 Å². The molecule has 0 amide bonds. The topological polar surface area (TPSA) is 26.3 Å². The second-order valence-corrected chi connectivity index (χ2v) is 8.58. The fourth-order valence-electron chi connectivity index (χ4n) is 1.92. The third-order valence-electron chi connectivity index (χ3n) is 2.96. The van der Waals surface area contributed by atoms with Crippen LogP contribution in [0.25, 0.3) is 0 Å². The molecule has 18 heavy (non-hydrogen) atoms. The van der Waals surface area contributed by atoms with Crippen LogP contribution in [-0.4, -0.2) is 17.5 Å². The lowest BCUT2D eigenvalue weighted by Gasteiger charge is -2.35. The van der Waals surface area contributed by atoms with Crippen molar-refractivity contribution in [2.24, 2.45) is 0 Å². The van der Waals surface area contributed by atoms with E-state index in [4.69, 9.17) is 4.74 Å². The number of carbonyl (C=O) groups excluding carboxylic acids is 1. The summed E-state index contributed by atoms with van der Waals surface area (Å²) < 4.78 is 7.02. The molecule has 0 aromatic carbocycles. The minimum atomic E-state index is -0.421. The highest BCUT2D eigenvalue weighted by Crippen LogP contribution is 2.43. The number of rotatable bonds is 3. The van der Waals surface area contributed by atoms with Crippen LogP contribution in [0.4, 0.5) is 0 Å². The summed E-state index contributed by atoms with van der Waals surface area (Å²) >= 11 is 5.95. The summed E-state index contributed by atoms with van der Waals surface area (Å²) in [6.45, 7) is 5.37. The highest BCUT2D eigenvalue weighted by Gasteiger charge is 2.39. The molecule has 1 saturated heterocycles. The Labute approximate surface area is 129 Å². The van der Waals surface area contributed by atoms with Crippen LogP contribution in [0, 0.1) is 2.88 Å². The predicted octanol–water partition coefficient (Wildman–Crippen LogP) is 4.19. The van der Waals surface area contributed by atoms with Gasteiger partial charge in [0.05, 0.1) is 2.88 Å². The third kappa shape index (κ3) is 3.11. The average molecular weight is 394 g/mol. The fraction of sp³-hybridized carbons (Fsp3) is 0.462. The minimum Gasteiger partial charge on any atom is -0.450 e. The van der Waals surface area contributed by atoms with Gasteiger partial charge in [-0.2, -0.15) is 11.8 Å². The molecular formula is C13H15IO2S2. The Morgan fingerprint density at radius 3 is 2.61 bits per heavy atom. The van der Waals surface area contributed by atoms with Gasteiger partial charge in [0, 0.05) is 23.3 Å². The summed E-state index contributed by atoms with van der Waals surface area (Å²) in [5.41, 5.74) is 0.0499. The standard InChI is InChI=1S/C13H15IO2S2/c1-9(2)12(15)16-13(5-7-17-8-6-13)10-3-4-11(14)18-10/h3-4H,1,5-8H2,2H3. The summed E-state index contributed by atoms with van der Waals surface area (Å²) in [5, 5.41) is 0. The Balaban J connectivity index is 2.28. The third-order valence-corrected chi connectivity index (χ3v) is 6.02. The van der Waals surface area contributed by atoms with E-state index in [2.05, 4.69) is 41.3 Å². The smallest absolute Gasteiger partial charge is 0.334 e. The molecule has 0 atom stereocenters. The number of ether oxygens (including phenoxy) is 1. The quantitative estimate of drug-likeness (QED) is 0.437. The van der Waals surface area contributed by atoms with Crippen molar-refractivity contribution in [3.63, 3.8) is 0 Å². The van der Waals surface area contributed by atoms with Crippen LogP contribution in [0.2, 0.25) is 0 Å². The molecule has 0 radical (unpaired) electrons. The van der Waals surface area contributed by atoms with Gasteiger partial charge >= 0.3 is 5.97 Å². The van der Waals surface area contributed by atoms with Crippen molar-refractivity contribution in [1.82, 2.24) is 0 Å². The molecule has 1 aliphatic heterocycles. The number of halogens is 1. The highest BCUT2D eigenvalue weighted by molar-refractivity contribution is 14.1. The molecule has 2 nitrogen and oxygen atoms in total. The molecule has 0 saturated carbocycles. The van der Waals surface area contributed by atoms with Gasteiger partial charge in [0.25, 0.3) is 0 Å². The van der Waals surface area contributed by atoms with E-state index in [1.807, 2.05) is 11.8 Å². The molecule has 0 spiro atoms. The molecule has 0 aliphatic carbocycles. The van der Waals surface area contributed by atoms with E-state index >= 15 is 0 Å². The predicted molar refractivity (Wildman–Crippen MR) is 86.2 cm³/mol. The van der Waals surface area contributed by atoms with E-state index in [1.54, 1.807) is 18.3 Å². The fourth-order valence-corrected chi connectivity index (χ4v) is 4.88. The lowest BCUT2D eigenvalue weighted by molar-refractivity contribution is -0.156. The van der Waals surface area contributed by atoms with Gasteiger partial charge in [0.1, 0.15) is 5.60 Å². The van der Waals surface area contributed by atoms with Crippen LogP contribution in [0.3, 0.4) is 0 Å². The monoisotopic (exact) mass is 394 g/mol. The van der Waals surface area contributed by atoms with Gasteiger partial charge in [-0.1, -0.05) is 6.58 Å². The number of thiophene rings is 1. The molecule has 1 aromatic rings. The summed E-state index contributed by atoms with van der Waals surface area (Å²) in [4.78, 5) is 13.0. The average Bonchev–Trinajstić information content (AvgIpc) is 2.77. The Morgan fingerprint density at radius 2 is 2.11 bits per heavy atom. The second kappa shape index (κ2) is 5.96. The molecule has 2 heterocycles. The van der Waals surface area contributed by atoms with E-state index in [0.29, 0.717) is 5.57 Å². The summed E-state index contributed by atoms with van der Waals surface area (Å²) in [7, 11) is 0. The van der Waals surface area contributed by atoms with Crippen molar-refractivity contribution < 1.29 is 9.53 Å². The Bertz CT molecular complexity index is 461. The van der Waals surface area contributed by atoms with E-state index in [9.17, 15) is 4.79 Å². The highest BCUT2D eigenvalue weighted by atomic mass is 127. The molecule has 1 aromatic heterocycles. The van der Waals surface area contributed by atoms with Crippen LogP contribution in [0.1, 0.15) is 24.6 Å². The van der Waals surface area contributed by atoms with Crippen molar-refractivity contribution in [3.8, 4) is 0 Å². The zero-order valence-electron chi connectivity index (χ0n) is 10.2. The van der Waals surface area contributed by atoms with Crippen LogP contribution >= 0.6 is 45.7 Å². The van der Waals surface area contributed by atoms with E-state index in [1.165, 1.54) is 7.76 Å². The van der Waals surface area contributed by atoms with Crippen molar-refractivity contribution in [3.05, 3.63) is 32.0 Å². The number of esters is 1. The lowest BCUT2D eigenvalue weighted by Crippen LogP contribution is -2.35. The number of hydrogen-bond acceptors (Lipinski definition) is 4. The van der Waals surface area contributed by atoms with E-state index < -0.39 is 5.60 Å². The van der Waals surface area contributed by atoms with Gasteiger partial charge in [0.2, 0.25) is 0 Å². The minimum absolute atomic E-state index is 0.273. The molecule has 0 bridgehead atoms. The number of thioether (sulfide) groups is 1. The Hall–Kier alpha value is -0.0100. The zero-order chi connectivity index (χ0) is 13.2. The zero-order valence-corrected chi connectivity index (χ0v) is 14.0. The first kappa shape index (κ1) is 14.4. The molecule has 0 unspecified atom stereocenters. The molecule has 2 rings (SSSR count). The normalized spacial score (nSPS) is 18.3. The lowest BCUT2D eigenvalue weighted by atomic mass is 9.94. The van der Waals surface area contributed by atoms with Gasteiger partial charge in [-0.3, -0.25) is 0 Å². The first-order chi connectivity index (χ1) is 8.53. The molecule has 0 N–H and O–H groups in total. The van der Waals surface area contributed by atoms with Crippen molar-refractivity contribution in [2.75, 3.05) is 11.5 Å². The maximum Gasteiger partial charge on any atom is 0.334 e. The Morgan fingerprint density at radius 1 is 1.44 bits per heavy atom. The van der Waals surface area contributed by atoms with Gasteiger partial charge in [0.15, 0.2) is 0 Å². The maximum absolute atomic E-state index is 11.9. The van der Waals surface area contributed by atoms with Crippen LogP contribution in [-0.2, 0) is 15.1 Å². The summed E-state index contributed by atoms with van der Waals surface area (Å²) in [6, 6.07) is 4.17. The first-order valence-electron chi connectivity index (χ1n) is 5.76. The van der Waals surface area contributed by atoms with Gasteiger partial charge in [-0.25, -0.2) is 4.79 Å². The first-order valence-corrected chi connectivity index (χ1v) is 8.81. The SMILES string of the molecule is C=C(C)C(=O)OC1(c2ccc(I)s2)CCSCC1. The van der Waals surface area contributed by atoms with Crippen LogP contribution in [0.5, 0.6) is 0 Å². The van der Waals surface area contributed by atoms with Gasteiger partial charge < -0.3 is 4.74 Å². The summed E-state index contributed by atoms with van der Waals surface area (Å²) in [5.74, 6) is 1.81. The van der Waals surface area contributed by atoms with Crippen molar-refractivity contribution in [2.45, 2.75) is 25.4 Å². The Kier molecular flexibility index (Phi) is 4.77. The van der Waals surface area contributed by atoms with Gasteiger partial charge in [-0.05, 0) is 53.2 Å². The van der Waals surface area contributed by atoms with Crippen LogP contribution < -0.4 is 0 Å². The molecule has 5 heteroatoms. The van der Waals surface area contributed by atoms with E-state index in [0.717, 1.165) is 24.3 Å². The van der Waals surface area contributed by atoms with Crippen LogP contribution in [0.15, 0.2) is 24.3 Å². The summed E-state index contributed by atoms with van der Waals surface area (Å²) in [6.07, 6.45) is 1.79. The maximum atomic E-state index is 11.9. The molecule has 98 valence electrons. The molecular weight excluding hydrogens is 379 g/mol. The second-order valence-electron chi connectivity index (χ2n) is 4.38. The van der Waals surface area contributed by atoms with Gasteiger partial charge in [-0.15, -0.1) is 11.3 Å². The number of carbonyl (C=O) groups is 1. The number of hydrogen-bond donors (Lipinski definition) is 0. The molecule has 1 fully saturated rings.